The lowest BCUT2D eigenvalue weighted by atomic mass is 9.54. The SMILES string of the molecule is C=Cc1ccc(S(=O)(=O)ON2C(=O)C3C4C=CC(C3C2=O)C2C(=O)N(OS(=O)(=O)c3ccc(C=C)cc3)C(=O)C42)cc1. The number of nitrogens with zero attached hydrogens (tertiary/aromatic N) is 2. The molecule has 3 fully saturated rings. The van der Waals surface area contributed by atoms with Crippen molar-refractivity contribution in [2.45, 2.75) is 9.79 Å². The molecule has 2 bridgehead atoms. The van der Waals surface area contributed by atoms with E-state index in [2.05, 4.69) is 13.2 Å². The average Bonchev–Trinajstić information content (AvgIpc) is 3.39. The standard InChI is InChI=1S/C28H22N2O10S2/c1-3-15-5-9-17(10-6-15)41(35,36)39-29-25(31)21-19-13-14-20(22(21)26(29)32)24-23(19)27(33)30(28(24)34)40-42(37,38)18-11-7-16(4-2)8-12-18/h3-14,19-24H,1-2H2. The molecule has 3 aliphatic carbocycles. The van der Waals surface area contributed by atoms with Crippen LogP contribution in [0.2, 0.25) is 0 Å². The monoisotopic (exact) mass is 610 g/mol. The minimum Gasteiger partial charge on any atom is -0.272 e. The summed E-state index contributed by atoms with van der Waals surface area (Å²) in [6, 6.07) is 10.8. The fourth-order valence-corrected chi connectivity index (χ4v) is 7.94. The summed E-state index contributed by atoms with van der Waals surface area (Å²) in [4.78, 5) is 53.0. The van der Waals surface area contributed by atoms with Crippen molar-refractivity contribution >= 4 is 56.0 Å². The van der Waals surface area contributed by atoms with E-state index in [1.54, 1.807) is 0 Å². The Labute approximate surface area is 240 Å². The van der Waals surface area contributed by atoms with Crippen LogP contribution >= 0.6 is 0 Å². The number of hydrogen-bond donors (Lipinski definition) is 0. The summed E-state index contributed by atoms with van der Waals surface area (Å²) < 4.78 is 61.5. The maximum atomic E-state index is 13.4. The fraction of sp³-hybridized carbons (Fsp3) is 0.214. The zero-order chi connectivity index (χ0) is 30.1. The number of imide groups is 2. The highest BCUT2D eigenvalue weighted by Gasteiger charge is 2.70. The van der Waals surface area contributed by atoms with Crippen molar-refractivity contribution in [2.24, 2.45) is 35.5 Å². The molecule has 0 N–H and O–H groups in total. The van der Waals surface area contributed by atoms with Crippen molar-refractivity contribution in [1.29, 1.82) is 0 Å². The van der Waals surface area contributed by atoms with Crippen LogP contribution in [-0.2, 0) is 48.0 Å². The molecular weight excluding hydrogens is 588 g/mol. The van der Waals surface area contributed by atoms with E-state index >= 15 is 0 Å². The minimum atomic E-state index is -4.60. The van der Waals surface area contributed by atoms with Gasteiger partial charge >= 0.3 is 20.2 Å². The van der Waals surface area contributed by atoms with Crippen LogP contribution in [0.3, 0.4) is 0 Å². The number of benzene rings is 2. The van der Waals surface area contributed by atoms with Crippen molar-refractivity contribution in [2.75, 3.05) is 0 Å². The van der Waals surface area contributed by atoms with Crippen LogP contribution in [0.1, 0.15) is 11.1 Å². The van der Waals surface area contributed by atoms with E-state index < -0.39 is 79.4 Å². The Morgan fingerprint density at radius 2 is 0.833 bits per heavy atom. The quantitative estimate of drug-likeness (QED) is 0.319. The minimum absolute atomic E-state index is 0.181. The van der Waals surface area contributed by atoms with Crippen molar-refractivity contribution in [3.05, 3.63) is 85.0 Å². The first kappa shape index (κ1) is 27.9. The third kappa shape index (κ3) is 4.09. The molecule has 0 spiro atoms. The third-order valence-corrected chi connectivity index (χ3v) is 10.5. The number of allylic oxidation sites excluding steroid dienone is 2. The van der Waals surface area contributed by atoms with Crippen molar-refractivity contribution in [3.8, 4) is 0 Å². The van der Waals surface area contributed by atoms with Gasteiger partial charge in [0.25, 0.3) is 23.6 Å². The second-order valence-electron chi connectivity index (χ2n) is 10.2. The Morgan fingerprint density at radius 3 is 1.10 bits per heavy atom. The van der Waals surface area contributed by atoms with E-state index in [0.717, 1.165) is 0 Å². The summed E-state index contributed by atoms with van der Waals surface area (Å²) >= 11 is 0. The van der Waals surface area contributed by atoms with Gasteiger partial charge in [-0.25, -0.2) is 0 Å². The molecule has 0 radical (unpaired) electrons. The molecule has 0 aromatic heterocycles. The molecule has 7 rings (SSSR count). The molecule has 14 heteroatoms. The van der Waals surface area contributed by atoms with E-state index in [1.807, 2.05) is 0 Å². The molecule has 4 amide bonds. The van der Waals surface area contributed by atoms with E-state index in [1.165, 1.54) is 72.8 Å². The van der Waals surface area contributed by atoms with Crippen molar-refractivity contribution in [1.82, 2.24) is 10.1 Å². The van der Waals surface area contributed by atoms with Crippen LogP contribution in [0.5, 0.6) is 0 Å². The maximum Gasteiger partial charge on any atom is 0.318 e. The molecule has 2 aliphatic heterocycles. The topological polar surface area (TPSA) is 161 Å². The van der Waals surface area contributed by atoms with Gasteiger partial charge in [-0.05, 0) is 35.4 Å². The zero-order valence-electron chi connectivity index (χ0n) is 21.6. The Kier molecular flexibility index (Phi) is 6.42. The molecule has 2 aromatic rings. The number of carbonyl (C=O) groups excluding carboxylic acids is 4. The molecular formula is C28H22N2O10S2. The zero-order valence-corrected chi connectivity index (χ0v) is 23.2. The lowest BCUT2D eigenvalue weighted by molar-refractivity contribution is -0.166. The number of hydroxylamine groups is 4. The van der Waals surface area contributed by atoms with Gasteiger partial charge in [-0.15, -0.1) is 18.7 Å². The lowest BCUT2D eigenvalue weighted by Crippen LogP contribution is -2.50. The largest absolute Gasteiger partial charge is 0.318 e. The molecule has 42 heavy (non-hydrogen) atoms. The van der Waals surface area contributed by atoms with Crippen LogP contribution in [0.15, 0.2) is 83.6 Å². The van der Waals surface area contributed by atoms with Crippen LogP contribution in [-0.4, -0.2) is 50.6 Å². The van der Waals surface area contributed by atoms with Gasteiger partial charge < -0.3 is 0 Å². The molecule has 216 valence electrons. The Bertz CT molecular complexity index is 1640. The number of rotatable bonds is 8. The summed E-state index contributed by atoms with van der Waals surface area (Å²) in [6.07, 6.45) is 6.03. The van der Waals surface area contributed by atoms with Gasteiger partial charge in [0.05, 0.1) is 33.5 Å². The molecule has 5 aliphatic rings. The third-order valence-electron chi connectivity index (χ3n) is 8.08. The summed E-state index contributed by atoms with van der Waals surface area (Å²) in [5.74, 6) is -10.8. The molecule has 12 nitrogen and oxygen atoms in total. The highest BCUT2D eigenvalue weighted by atomic mass is 32.2. The number of hydrogen-bond acceptors (Lipinski definition) is 10. The average molecular weight is 611 g/mol. The summed E-state index contributed by atoms with van der Waals surface area (Å²) in [6.45, 7) is 7.18. The molecule has 4 unspecified atom stereocenters. The van der Waals surface area contributed by atoms with Crippen LogP contribution in [0, 0.1) is 35.5 Å². The van der Waals surface area contributed by atoms with Gasteiger partial charge in [0, 0.05) is 11.8 Å². The number of carbonyl (C=O) groups is 4. The normalized spacial score (nSPS) is 28.3. The van der Waals surface area contributed by atoms with Crippen LogP contribution in [0.4, 0.5) is 0 Å². The number of amides is 4. The predicted octanol–water partition coefficient (Wildman–Crippen LogP) is 1.93. The Morgan fingerprint density at radius 1 is 0.548 bits per heavy atom. The molecule has 2 saturated heterocycles. The maximum absolute atomic E-state index is 13.4. The molecule has 4 atom stereocenters. The van der Waals surface area contributed by atoms with Gasteiger partial charge in [-0.2, -0.15) is 16.8 Å². The van der Waals surface area contributed by atoms with Crippen molar-refractivity contribution < 1.29 is 44.6 Å². The van der Waals surface area contributed by atoms with Gasteiger partial charge in [-0.1, -0.05) is 61.7 Å². The molecule has 2 heterocycles. The van der Waals surface area contributed by atoms with Gasteiger partial charge in [-0.3, -0.25) is 19.2 Å². The summed E-state index contributed by atoms with van der Waals surface area (Å²) in [7, 11) is -9.19. The molecule has 1 saturated carbocycles. The van der Waals surface area contributed by atoms with Crippen LogP contribution in [0.25, 0.3) is 12.2 Å². The van der Waals surface area contributed by atoms with Crippen LogP contribution < -0.4 is 0 Å². The summed E-state index contributed by atoms with van der Waals surface area (Å²) in [5.41, 5.74) is 1.27. The first-order valence-electron chi connectivity index (χ1n) is 12.7. The van der Waals surface area contributed by atoms with E-state index in [9.17, 15) is 36.0 Å². The Balaban J connectivity index is 1.26. The highest BCUT2D eigenvalue weighted by Crippen LogP contribution is 2.58. The van der Waals surface area contributed by atoms with E-state index in [4.69, 9.17) is 8.57 Å². The van der Waals surface area contributed by atoms with Gasteiger partial charge in [0.15, 0.2) is 0 Å². The van der Waals surface area contributed by atoms with E-state index in [-0.39, 0.29) is 19.9 Å². The lowest BCUT2D eigenvalue weighted by Gasteiger charge is -2.44. The van der Waals surface area contributed by atoms with Gasteiger partial charge in [0.1, 0.15) is 0 Å². The predicted molar refractivity (Wildman–Crippen MR) is 143 cm³/mol. The fourth-order valence-electron chi connectivity index (χ4n) is 6.14. The van der Waals surface area contributed by atoms with Crippen molar-refractivity contribution in [3.63, 3.8) is 0 Å². The first-order chi connectivity index (χ1) is 19.9. The van der Waals surface area contributed by atoms with E-state index in [0.29, 0.717) is 11.1 Å². The molecule has 2 aromatic carbocycles. The highest BCUT2D eigenvalue weighted by molar-refractivity contribution is 7.87. The van der Waals surface area contributed by atoms with Gasteiger partial charge in [0.2, 0.25) is 0 Å². The smallest absolute Gasteiger partial charge is 0.272 e. The second-order valence-corrected chi connectivity index (χ2v) is 13.2. The first-order valence-corrected chi connectivity index (χ1v) is 15.5. The summed E-state index contributed by atoms with van der Waals surface area (Å²) in [5, 5.41) is 0.363. The Hall–Kier alpha value is -4.24. The second kappa shape index (κ2) is 9.66.